The van der Waals surface area contributed by atoms with Crippen LogP contribution in [-0.2, 0) is 11.3 Å². The van der Waals surface area contributed by atoms with Crippen LogP contribution >= 0.6 is 27.7 Å². The van der Waals surface area contributed by atoms with Crippen molar-refractivity contribution in [1.29, 1.82) is 0 Å². The predicted molar refractivity (Wildman–Crippen MR) is 101 cm³/mol. The first-order valence-corrected chi connectivity index (χ1v) is 9.53. The normalized spacial score (nSPS) is 10.2. The highest BCUT2D eigenvalue weighted by Crippen LogP contribution is 2.14. The molecule has 0 radical (unpaired) electrons. The molecule has 2 aromatic rings. The molecule has 0 atom stereocenters. The lowest BCUT2D eigenvalue weighted by Crippen LogP contribution is -2.30. The third-order valence-electron chi connectivity index (χ3n) is 3.39. The van der Waals surface area contributed by atoms with Gasteiger partial charge in [0.15, 0.2) is 0 Å². The van der Waals surface area contributed by atoms with Crippen LogP contribution in [0.1, 0.15) is 22.3 Å². The third kappa shape index (κ3) is 6.02. The summed E-state index contributed by atoms with van der Waals surface area (Å²) < 4.78 is 0.920. The van der Waals surface area contributed by atoms with E-state index in [1.54, 1.807) is 23.9 Å². The minimum absolute atomic E-state index is 0.0833. The summed E-state index contributed by atoms with van der Waals surface area (Å²) in [6.07, 6.45) is 2.28. The van der Waals surface area contributed by atoms with Crippen LogP contribution in [0.4, 0.5) is 0 Å². The average Bonchev–Trinajstić information content (AvgIpc) is 2.61. The van der Waals surface area contributed by atoms with E-state index in [4.69, 9.17) is 0 Å². The largest absolute Gasteiger partial charge is 0.352 e. The summed E-state index contributed by atoms with van der Waals surface area (Å²) in [4.78, 5) is 24.9. The molecule has 0 saturated carbocycles. The molecule has 0 spiro atoms. The molecule has 0 aliphatic heterocycles. The van der Waals surface area contributed by atoms with E-state index in [0.29, 0.717) is 18.7 Å². The first kappa shape index (κ1) is 18.5. The Labute approximate surface area is 154 Å². The lowest BCUT2D eigenvalue weighted by atomic mass is 10.2. The van der Waals surface area contributed by atoms with Gasteiger partial charge in [-0.25, -0.2) is 0 Å². The fourth-order valence-electron chi connectivity index (χ4n) is 2.03. The molecule has 0 aliphatic carbocycles. The molecule has 0 fully saturated rings. The summed E-state index contributed by atoms with van der Waals surface area (Å²) in [6.45, 7) is 0.806. The van der Waals surface area contributed by atoms with Crippen LogP contribution in [0, 0.1) is 0 Å². The van der Waals surface area contributed by atoms with Crippen LogP contribution in [-0.4, -0.2) is 24.6 Å². The summed E-state index contributed by atoms with van der Waals surface area (Å²) in [6, 6.07) is 15.2. The molecule has 0 unspecified atom stereocenters. The molecule has 2 rings (SSSR count). The van der Waals surface area contributed by atoms with E-state index >= 15 is 0 Å². The van der Waals surface area contributed by atoms with E-state index in [2.05, 4.69) is 26.6 Å². The Hall–Kier alpha value is -1.79. The van der Waals surface area contributed by atoms with Crippen molar-refractivity contribution in [2.45, 2.75) is 17.9 Å². The lowest BCUT2D eigenvalue weighted by molar-refractivity contribution is -0.121. The van der Waals surface area contributed by atoms with Crippen LogP contribution < -0.4 is 10.6 Å². The SMILES string of the molecule is CSc1ccc(CNC(=O)CCNC(=O)c2ccc(Br)cc2)cc1. The van der Waals surface area contributed by atoms with Crippen molar-refractivity contribution in [2.24, 2.45) is 0 Å². The quantitative estimate of drug-likeness (QED) is 0.690. The summed E-state index contributed by atoms with van der Waals surface area (Å²) in [5, 5.41) is 5.60. The Morgan fingerprint density at radius 1 is 1.00 bits per heavy atom. The third-order valence-corrected chi connectivity index (χ3v) is 4.67. The average molecular weight is 407 g/mol. The van der Waals surface area contributed by atoms with Gasteiger partial charge in [0.25, 0.3) is 5.91 Å². The molecular weight excluding hydrogens is 388 g/mol. The second kappa shape index (κ2) is 9.49. The maximum atomic E-state index is 11.9. The number of thioether (sulfide) groups is 1. The molecule has 0 saturated heterocycles. The topological polar surface area (TPSA) is 58.2 Å². The number of amides is 2. The van der Waals surface area contributed by atoms with Crippen molar-refractivity contribution in [1.82, 2.24) is 10.6 Å². The zero-order valence-electron chi connectivity index (χ0n) is 13.3. The summed E-state index contributed by atoms with van der Waals surface area (Å²) in [7, 11) is 0. The molecule has 6 heteroatoms. The van der Waals surface area contributed by atoms with E-state index in [1.165, 1.54) is 4.90 Å². The maximum absolute atomic E-state index is 11.9. The van der Waals surface area contributed by atoms with Crippen molar-refractivity contribution < 1.29 is 9.59 Å². The highest BCUT2D eigenvalue weighted by Gasteiger charge is 2.06. The van der Waals surface area contributed by atoms with Gasteiger partial charge in [0.2, 0.25) is 5.91 Å². The van der Waals surface area contributed by atoms with Crippen LogP contribution in [0.15, 0.2) is 57.9 Å². The molecule has 2 amide bonds. The molecular formula is C18H19BrN2O2S. The smallest absolute Gasteiger partial charge is 0.251 e. The van der Waals surface area contributed by atoms with E-state index < -0.39 is 0 Å². The molecule has 24 heavy (non-hydrogen) atoms. The Morgan fingerprint density at radius 2 is 1.67 bits per heavy atom. The number of benzene rings is 2. The number of carbonyl (C=O) groups is 2. The predicted octanol–water partition coefficient (Wildman–Crippen LogP) is 3.61. The number of rotatable bonds is 7. The minimum Gasteiger partial charge on any atom is -0.352 e. The second-order valence-electron chi connectivity index (χ2n) is 5.14. The summed E-state index contributed by atoms with van der Waals surface area (Å²) >= 11 is 5.01. The van der Waals surface area contributed by atoms with Gasteiger partial charge in [-0.3, -0.25) is 9.59 Å². The van der Waals surface area contributed by atoms with Gasteiger partial charge in [0.1, 0.15) is 0 Å². The molecule has 4 nitrogen and oxygen atoms in total. The molecule has 126 valence electrons. The van der Waals surface area contributed by atoms with Crippen molar-refractivity contribution in [3.63, 3.8) is 0 Å². The number of nitrogens with one attached hydrogen (secondary N) is 2. The number of carbonyl (C=O) groups excluding carboxylic acids is 2. The van der Waals surface area contributed by atoms with Gasteiger partial charge in [0.05, 0.1) is 0 Å². The van der Waals surface area contributed by atoms with Crippen molar-refractivity contribution in [3.8, 4) is 0 Å². The second-order valence-corrected chi connectivity index (χ2v) is 6.93. The van der Waals surface area contributed by atoms with Gasteiger partial charge in [-0.15, -0.1) is 11.8 Å². The molecule has 0 heterocycles. The van der Waals surface area contributed by atoms with Crippen LogP contribution in [0.5, 0.6) is 0 Å². The van der Waals surface area contributed by atoms with Gasteiger partial charge in [-0.1, -0.05) is 28.1 Å². The highest BCUT2D eigenvalue weighted by molar-refractivity contribution is 9.10. The Kier molecular flexibility index (Phi) is 7.34. The Morgan fingerprint density at radius 3 is 2.29 bits per heavy atom. The monoisotopic (exact) mass is 406 g/mol. The first-order valence-electron chi connectivity index (χ1n) is 7.52. The molecule has 2 N–H and O–H groups in total. The van der Waals surface area contributed by atoms with Gasteiger partial charge in [0, 0.05) is 34.4 Å². The van der Waals surface area contributed by atoms with E-state index in [0.717, 1.165) is 10.0 Å². The van der Waals surface area contributed by atoms with Crippen LogP contribution in [0.3, 0.4) is 0 Å². The molecule has 2 aromatic carbocycles. The van der Waals surface area contributed by atoms with Crippen molar-refractivity contribution in [3.05, 3.63) is 64.1 Å². The zero-order chi connectivity index (χ0) is 17.4. The minimum atomic E-state index is -0.178. The van der Waals surface area contributed by atoms with Gasteiger partial charge in [-0.05, 0) is 48.2 Å². The Bertz CT molecular complexity index is 687. The van der Waals surface area contributed by atoms with Crippen LogP contribution in [0.2, 0.25) is 0 Å². The van der Waals surface area contributed by atoms with E-state index in [9.17, 15) is 9.59 Å². The Balaban J connectivity index is 1.69. The summed E-state index contributed by atoms with van der Waals surface area (Å²) in [5.74, 6) is -0.261. The highest BCUT2D eigenvalue weighted by atomic mass is 79.9. The van der Waals surface area contributed by atoms with Crippen molar-refractivity contribution in [2.75, 3.05) is 12.8 Å². The maximum Gasteiger partial charge on any atom is 0.251 e. The summed E-state index contributed by atoms with van der Waals surface area (Å²) in [5.41, 5.74) is 1.63. The van der Waals surface area contributed by atoms with Crippen molar-refractivity contribution >= 4 is 39.5 Å². The number of halogens is 1. The number of hydrogen-bond donors (Lipinski definition) is 2. The first-order chi connectivity index (χ1) is 11.6. The van der Waals surface area contributed by atoms with E-state index in [1.807, 2.05) is 42.7 Å². The van der Waals surface area contributed by atoms with E-state index in [-0.39, 0.29) is 18.2 Å². The standard InChI is InChI=1S/C18H19BrN2O2S/c1-24-16-8-2-13(3-9-16)12-21-17(22)10-11-20-18(23)14-4-6-15(19)7-5-14/h2-9H,10-12H2,1H3,(H,20,23)(H,21,22). The van der Waals surface area contributed by atoms with Gasteiger partial charge in [-0.2, -0.15) is 0 Å². The molecule has 0 bridgehead atoms. The molecule has 0 aromatic heterocycles. The number of hydrogen-bond acceptors (Lipinski definition) is 3. The fraction of sp³-hybridized carbons (Fsp3) is 0.222. The van der Waals surface area contributed by atoms with Crippen LogP contribution in [0.25, 0.3) is 0 Å². The molecule has 0 aliphatic rings. The van der Waals surface area contributed by atoms with Gasteiger partial charge < -0.3 is 10.6 Å². The fourth-order valence-corrected chi connectivity index (χ4v) is 2.70. The lowest BCUT2D eigenvalue weighted by Gasteiger charge is -2.07. The van der Waals surface area contributed by atoms with Gasteiger partial charge >= 0.3 is 0 Å². The zero-order valence-corrected chi connectivity index (χ0v) is 15.7.